The highest BCUT2D eigenvalue weighted by atomic mass is 35.5. The van der Waals surface area contributed by atoms with Crippen molar-refractivity contribution in [2.24, 2.45) is 0 Å². The number of ether oxygens (including phenoxy) is 1. The van der Waals surface area contributed by atoms with Crippen molar-refractivity contribution >= 4 is 35.0 Å². The van der Waals surface area contributed by atoms with Crippen LogP contribution in [0.4, 0.5) is 5.69 Å². The molecular weight excluding hydrogens is 396 g/mol. The van der Waals surface area contributed by atoms with Gasteiger partial charge in [-0.3, -0.25) is 4.79 Å². The zero-order valence-electron chi connectivity index (χ0n) is 15.7. The quantitative estimate of drug-likeness (QED) is 0.555. The molecule has 0 saturated heterocycles. The molecule has 0 bridgehead atoms. The molecule has 0 atom stereocenters. The van der Waals surface area contributed by atoms with E-state index >= 15 is 0 Å². The predicted molar refractivity (Wildman–Crippen MR) is 112 cm³/mol. The Balaban J connectivity index is 1.62. The summed E-state index contributed by atoms with van der Waals surface area (Å²) in [7, 11) is 1.65. The van der Waals surface area contributed by atoms with Crippen LogP contribution in [0.5, 0.6) is 5.75 Å². The van der Waals surface area contributed by atoms with E-state index in [1.807, 2.05) is 35.8 Å². The molecule has 28 heavy (non-hydrogen) atoms. The standard InChI is InChI=1S/C20H21ClN4O2S/c1-3-25-18(11-14-7-9-17(27-2)10-8-14)23-24-20(25)28-13-19(26)22-16-6-4-5-15(21)12-16/h4-10,12H,3,11,13H2,1-2H3,(H,22,26). The highest BCUT2D eigenvalue weighted by molar-refractivity contribution is 7.99. The molecule has 1 heterocycles. The lowest BCUT2D eigenvalue weighted by atomic mass is 10.1. The van der Waals surface area contributed by atoms with Crippen LogP contribution < -0.4 is 10.1 Å². The second kappa shape index (κ2) is 9.61. The zero-order chi connectivity index (χ0) is 19.9. The summed E-state index contributed by atoms with van der Waals surface area (Å²) < 4.78 is 7.22. The van der Waals surface area contributed by atoms with Crippen molar-refractivity contribution in [3.63, 3.8) is 0 Å². The van der Waals surface area contributed by atoms with E-state index in [-0.39, 0.29) is 11.7 Å². The molecule has 0 aliphatic heterocycles. The lowest BCUT2D eigenvalue weighted by Crippen LogP contribution is -2.14. The molecule has 3 rings (SSSR count). The normalized spacial score (nSPS) is 10.7. The van der Waals surface area contributed by atoms with Gasteiger partial charge >= 0.3 is 0 Å². The minimum absolute atomic E-state index is 0.116. The second-order valence-electron chi connectivity index (χ2n) is 6.02. The van der Waals surface area contributed by atoms with Crippen LogP contribution in [0.15, 0.2) is 53.7 Å². The molecular formula is C20H21ClN4O2S. The Bertz CT molecular complexity index is 944. The largest absolute Gasteiger partial charge is 0.497 e. The molecule has 6 nitrogen and oxygen atoms in total. The van der Waals surface area contributed by atoms with Gasteiger partial charge in [0, 0.05) is 23.7 Å². The summed E-state index contributed by atoms with van der Waals surface area (Å²) in [5.41, 5.74) is 1.80. The van der Waals surface area contributed by atoms with Crippen molar-refractivity contribution in [1.82, 2.24) is 14.8 Å². The third-order valence-electron chi connectivity index (χ3n) is 4.07. The van der Waals surface area contributed by atoms with Crippen molar-refractivity contribution in [3.05, 3.63) is 64.9 Å². The molecule has 1 amide bonds. The SMILES string of the molecule is CCn1c(Cc2ccc(OC)cc2)nnc1SCC(=O)Nc1cccc(Cl)c1. The lowest BCUT2D eigenvalue weighted by molar-refractivity contribution is -0.113. The molecule has 0 saturated carbocycles. The van der Waals surface area contributed by atoms with E-state index in [0.29, 0.717) is 17.1 Å². The van der Waals surface area contributed by atoms with Crippen LogP contribution in [0.25, 0.3) is 0 Å². The Labute approximate surface area is 173 Å². The number of rotatable bonds is 8. The van der Waals surface area contributed by atoms with Crippen LogP contribution >= 0.6 is 23.4 Å². The zero-order valence-corrected chi connectivity index (χ0v) is 17.3. The highest BCUT2D eigenvalue weighted by Gasteiger charge is 2.14. The van der Waals surface area contributed by atoms with E-state index in [2.05, 4.69) is 15.5 Å². The van der Waals surface area contributed by atoms with Gasteiger partial charge in [0.2, 0.25) is 5.91 Å². The molecule has 146 valence electrons. The van der Waals surface area contributed by atoms with Crippen molar-refractivity contribution in [2.75, 3.05) is 18.2 Å². The van der Waals surface area contributed by atoms with E-state index in [9.17, 15) is 4.79 Å². The van der Waals surface area contributed by atoms with Gasteiger partial charge in [-0.1, -0.05) is 41.6 Å². The molecule has 2 aromatic carbocycles. The van der Waals surface area contributed by atoms with Gasteiger partial charge in [-0.15, -0.1) is 10.2 Å². The van der Waals surface area contributed by atoms with Crippen LogP contribution in [-0.4, -0.2) is 33.5 Å². The fraction of sp³-hybridized carbons (Fsp3) is 0.250. The van der Waals surface area contributed by atoms with Gasteiger partial charge in [-0.2, -0.15) is 0 Å². The first kappa shape index (κ1) is 20.2. The number of thioether (sulfide) groups is 1. The Kier molecular flexibility index (Phi) is 6.95. The van der Waals surface area contributed by atoms with Crippen LogP contribution in [0.2, 0.25) is 5.02 Å². The number of halogens is 1. The van der Waals surface area contributed by atoms with Gasteiger partial charge in [0.25, 0.3) is 0 Å². The summed E-state index contributed by atoms with van der Waals surface area (Å²) in [4.78, 5) is 12.2. The fourth-order valence-electron chi connectivity index (χ4n) is 2.69. The molecule has 0 fully saturated rings. The number of nitrogens with zero attached hydrogens (tertiary/aromatic N) is 3. The topological polar surface area (TPSA) is 69.0 Å². The van der Waals surface area contributed by atoms with E-state index in [4.69, 9.17) is 16.3 Å². The van der Waals surface area contributed by atoms with Crippen molar-refractivity contribution in [1.29, 1.82) is 0 Å². The van der Waals surface area contributed by atoms with Crippen LogP contribution in [-0.2, 0) is 17.8 Å². The summed E-state index contributed by atoms with van der Waals surface area (Å²) in [6, 6.07) is 15.0. The minimum Gasteiger partial charge on any atom is -0.497 e. The average Bonchev–Trinajstić information content (AvgIpc) is 3.08. The Hall–Kier alpha value is -2.51. The van der Waals surface area contributed by atoms with E-state index in [1.165, 1.54) is 11.8 Å². The number of carbonyl (C=O) groups excluding carboxylic acids is 1. The minimum atomic E-state index is -0.116. The first-order valence-electron chi connectivity index (χ1n) is 8.82. The second-order valence-corrected chi connectivity index (χ2v) is 7.39. The Morgan fingerprint density at radius 3 is 2.68 bits per heavy atom. The van der Waals surface area contributed by atoms with Crippen LogP contribution in [0.1, 0.15) is 18.3 Å². The monoisotopic (exact) mass is 416 g/mol. The maximum absolute atomic E-state index is 12.2. The number of anilines is 1. The number of benzene rings is 2. The van der Waals surface area contributed by atoms with Crippen molar-refractivity contribution < 1.29 is 9.53 Å². The molecule has 1 N–H and O–H groups in total. The molecule has 0 aliphatic rings. The molecule has 8 heteroatoms. The maximum atomic E-state index is 12.2. The summed E-state index contributed by atoms with van der Waals surface area (Å²) >= 11 is 7.31. The van der Waals surface area contributed by atoms with E-state index in [0.717, 1.165) is 28.8 Å². The molecule has 1 aromatic heterocycles. The number of carbonyl (C=O) groups is 1. The van der Waals surface area contributed by atoms with Crippen LogP contribution in [0, 0.1) is 0 Å². The molecule has 0 unspecified atom stereocenters. The van der Waals surface area contributed by atoms with Gasteiger partial charge in [-0.05, 0) is 42.8 Å². The van der Waals surface area contributed by atoms with Gasteiger partial charge in [0.05, 0.1) is 12.9 Å². The predicted octanol–water partition coefficient (Wildman–Crippen LogP) is 4.28. The van der Waals surface area contributed by atoms with Crippen LogP contribution in [0.3, 0.4) is 0 Å². The summed E-state index contributed by atoms with van der Waals surface area (Å²) in [5.74, 6) is 1.82. The Morgan fingerprint density at radius 2 is 2.00 bits per heavy atom. The number of methoxy groups -OCH3 is 1. The number of hydrogen-bond acceptors (Lipinski definition) is 5. The number of nitrogens with one attached hydrogen (secondary N) is 1. The number of aromatic nitrogens is 3. The summed E-state index contributed by atoms with van der Waals surface area (Å²) in [5, 5.41) is 12.7. The van der Waals surface area contributed by atoms with Gasteiger partial charge < -0.3 is 14.6 Å². The fourth-order valence-corrected chi connectivity index (χ4v) is 3.71. The van der Waals surface area contributed by atoms with E-state index in [1.54, 1.807) is 31.4 Å². The van der Waals surface area contributed by atoms with Crippen molar-refractivity contribution in [3.8, 4) is 5.75 Å². The van der Waals surface area contributed by atoms with E-state index < -0.39 is 0 Å². The average molecular weight is 417 g/mol. The van der Waals surface area contributed by atoms with Gasteiger partial charge in [-0.25, -0.2) is 0 Å². The maximum Gasteiger partial charge on any atom is 0.234 e. The third-order valence-corrected chi connectivity index (χ3v) is 5.27. The molecule has 0 aliphatic carbocycles. The lowest BCUT2D eigenvalue weighted by Gasteiger charge is -2.08. The Morgan fingerprint density at radius 1 is 1.21 bits per heavy atom. The third kappa shape index (κ3) is 5.27. The first-order chi connectivity index (χ1) is 13.6. The summed E-state index contributed by atoms with van der Waals surface area (Å²) in [6.45, 7) is 2.77. The number of hydrogen-bond donors (Lipinski definition) is 1. The van der Waals surface area contributed by atoms with Gasteiger partial charge in [0.15, 0.2) is 5.16 Å². The first-order valence-corrected chi connectivity index (χ1v) is 10.2. The molecule has 0 spiro atoms. The van der Waals surface area contributed by atoms with Crippen molar-refractivity contribution in [2.45, 2.75) is 25.0 Å². The number of amides is 1. The van der Waals surface area contributed by atoms with Gasteiger partial charge in [0.1, 0.15) is 11.6 Å². The smallest absolute Gasteiger partial charge is 0.234 e. The molecule has 0 radical (unpaired) electrons. The molecule has 3 aromatic rings. The summed E-state index contributed by atoms with van der Waals surface area (Å²) in [6.07, 6.45) is 0.667. The highest BCUT2D eigenvalue weighted by Crippen LogP contribution is 2.21.